The number of hydrogen-bond donors (Lipinski definition) is 5. The Labute approximate surface area is 181 Å². The summed E-state index contributed by atoms with van der Waals surface area (Å²) < 4.78 is 22.3. The van der Waals surface area contributed by atoms with E-state index in [9.17, 15) is 30.3 Å². The Kier molecular flexibility index (Phi) is 5.74. The number of fused-ring (bicyclic) bond motifs is 2. The molecule has 1 aliphatic rings. The minimum absolute atomic E-state index is 0.0306. The van der Waals surface area contributed by atoms with Crippen molar-refractivity contribution in [2.45, 2.75) is 44.6 Å². The molecule has 172 valence electrons. The predicted molar refractivity (Wildman–Crippen MR) is 112 cm³/mol. The molecule has 3 aromatic rings. The monoisotopic (exact) mass is 448 g/mol. The maximum Gasteiger partial charge on any atom is 0.229 e. The maximum atomic E-state index is 12.5. The summed E-state index contributed by atoms with van der Waals surface area (Å²) in [5, 5.41) is 51.5. The first-order valence-corrected chi connectivity index (χ1v) is 9.92. The lowest BCUT2D eigenvalue weighted by atomic mass is 9.98. The summed E-state index contributed by atoms with van der Waals surface area (Å²) in [5.74, 6) is 0.392. The van der Waals surface area contributed by atoms with Gasteiger partial charge in [-0.2, -0.15) is 0 Å². The van der Waals surface area contributed by atoms with Crippen molar-refractivity contribution < 1.29 is 44.2 Å². The van der Waals surface area contributed by atoms with Crippen LogP contribution in [0.5, 0.6) is 17.2 Å². The molecule has 0 radical (unpaired) electrons. The molecule has 5 unspecified atom stereocenters. The van der Waals surface area contributed by atoms with Crippen molar-refractivity contribution in [3.05, 3.63) is 39.7 Å². The number of aromatic hydroxyl groups is 1. The first-order valence-electron chi connectivity index (χ1n) is 9.92. The standard InChI is InChI=1S/C22H24O10/c1-8-4-11(24)16-13(30-8)6-10-5-12(29-3)9(2)21(15(10)18(16)26)32-22-20(28)19(27)17(25)14(7-23)31-22/h4-6,14,17,19-20,22-23,25-28H,7H2,1-3H3. The van der Waals surface area contributed by atoms with Crippen LogP contribution in [0.3, 0.4) is 0 Å². The number of benzene rings is 2. The van der Waals surface area contributed by atoms with Crippen LogP contribution in [0.25, 0.3) is 21.7 Å². The average Bonchev–Trinajstić information content (AvgIpc) is 2.74. The third-order valence-electron chi connectivity index (χ3n) is 5.67. The highest BCUT2D eigenvalue weighted by Gasteiger charge is 2.45. The summed E-state index contributed by atoms with van der Waals surface area (Å²) in [4.78, 5) is 12.5. The summed E-state index contributed by atoms with van der Waals surface area (Å²) >= 11 is 0. The molecule has 0 saturated carbocycles. The SMILES string of the molecule is COc1cc2cc3oc(C)cc(=O)c3c(O)c2c(OC2OC(CO)C(O)C(O)C2O)c1C. The van der Waals surface area contributed by atoms with E-state index in [0.717, 1.165) is 0 Å². The van der Waals surface area contributed by atoms with Gasteiger partial charge in [0.1, 0.15) is 58.4 Å². The van der Waals surface area contributed by atoms with Crippen molar-refractivity contribution in [1.82, 2.24) is 0 Å². The number of aryl methyl sites for hydroxylation is 1. The van der Waals surface area contributed by atoms with E-state index < -0.39 is 48.5 Å². The lowest BCUT2D eigenvalue weighted by Crippen LogP contribution is -2.60. The summed E-state index contributed by atoms with van der Waals surface area (Å²) in [7, 11) is 1.44. The van der Waals surface area contributed by atoms with Crippen molar-refractivity contribution in [2.75, 3.05) is 13.7 Å². The molecule has 4 rings (SSSR count). The molecule has 1 saturated heterocycles. The molecule has 5 N–H and O–H groups in total. The fourth-order valence-corrected chi connectivity index (χ4v) is 3.98. The second kappa shape index (κ2) is 8.23. The topological polar surface area (TPSA) is 159 Å². The summed E-state index contributed by atoms with van der Waals surface area (Å²) in [6, 6.07) is 4.44. The maximum absolute atomic E-state index is 12.5. The summed E-state index contributed by atoms with van der Waals surface area (Å²) in [5.41, 5.74) is 0.142. The molecular formula is C22H24O10. The molecule has 10 heteroatoms. The zero-order valence-electron chi connectivity index (χ0n) is 17.6. The van der Waals surface area contributed by atoms with Crippen LogP contribution in [0, 0.1) is 13.8 Å². The Morgan fingerprint density at radius 3 is 2.41 bits per heavy atom. The van der Waals surface area contributed by atoms with Crippen LogP contribution in [-0.4, -0.2) is 70.0 Å². The van der Waals surface area contributed by atoms with Crippen molar-refractivity contribution >= 4 is 21.7 Å². The largest absolute Gasteiger partial charge is 0.506 e. The fourth-order valence-electron chi connectivity index (χ4n) is 3.98. The van der Waals surface area contributed by atoms with E-state index in [0.29, 0.717) is 22.5 Å². The summed E-state index contributed by atoms with van der Waals surface area (Å²) in [6.45, 7) is 2.63. The minimum atomic E-state index is -1.66. The number of methoxy groups -OCH3 is 1. The number of hydrogen-bond acceptors (Lipinski definition) is 10. The molecule has 1 aliphatic heterocycles. The Morgan fingerprint density at radius 1 is 1.03 bits per heavy atom. The van der Waals surface area contributed by atoms with E-state index in [2.05, 4.69) is 0 Å². The third kappa shape index (κ3) is 3.46. The number of phenols is 1. The number of aliphatic hydroxyl groups excluding tert-OH is 4. The molecule has 0 aliphatic carbocycles. The van der Waals surface area contributed by atoms with Gasteiger partial charge in [-0.05, 0) is 31.4 Å². The highest BCUT2D eigenvalue weighted by atomic mass is 16.7. The Morgan fingerprint density at radius 2 is 1.75 bits per heavy atom. The van der Waals surface area contributed by atoms with Gasteiger partial charge in [0, 0.05) is 11.6 Å². The Bertz CT molecular complexity index is 1230. The van der Waals surface area contributed by atoms with Crippen LogP contribution >= 0.6 is 0 Å². The van der Waals surface area contributed by atoms with Gasteiger partial charge in [0.25, 0.3) is 0 Å². The van der Waals surface area contributed by atoms with Crippen LogP contribution in [0.1, 0.15) is 11.3 Å². The lowest BCUT2D eigenvalue weighted by Gasteiger charge is -2.39. The lowest BCUT2D eigenvalue weighted by molar-refractivity contribution is -0.277. The number of rotatable bonds is 4. The van der Waals surface area contributed by atoms with E-state index in [-0.39, 0.29) is 22.1 Å². The van der Waals surface area contributed by atoms with Crippen LogP contribution in [0.15, 0.2) is 27.4 Å². The van der Waals surface area contributed by atoms with Gasteiger partial charge < -0.3 is 44.2 Å². The molecule has 32 heavy (non-hydrogen) atoms. The van der Waals surface area contributed by atoms with Gasteiger partial charge in [-0.1, -0.05) is 0 Å². The van der Waals surface area contributed by atoms with E-state index in [1.165, 1.54) is 13.2 Å². The van der Waals surface area contributed by atoms with Crippen molar-refractivity contribution in [2.24, 2.45) is 0 Å². The van der Waals surface area contributed by atoms with Crippen molar-refractivity contribution in [3.63, 3.8) is 0 Å². The Balaban J connectivity index is 1.94. The van der Waals surface area contributed by atoms with Crippen molar-refractivity contribution in [1.29, 1.82) is 0 Å². The molecular weight excluding hydrogens is 424 g/mol. The molecule has 2 aromatic carbocycles. The second-order valence-electron chi connectivity index (χ2n) is 7.77. The molecule has 0 spiro atoms. The summed E-state index contributed by atoms with van der Waals surface area (Å²) in [6.07, 6.45) is -7.54. The molecule has 0 amide bonds. The molecule has 5 atom stereocenters. The Hall–Kier alpha value is -2.89. The van der Waals surface area contributed by atoms with Crippen LogP contribution in [-0.2, 0) is 4.74 Å². The second-order valence-corrected chi connectivity index (χ2v) is 7.77. The minimum Gasteiger partial charge on any atom is -0.506 e. The van der Waals surface area contributed by atoms with Gasteiger partial charge in [0.2, 0.25) is 6.29 Å². The quantitative estimate of drug-likeness (QED) is 0.355. The van der Waals surface area contributed by atoms with E-state index >= 15 is 0 Å². The van der Waals surface area contributed by atoms with Crippen LogP contribution < -0.4 is 14.9 Å². The van der Waals surface area contributed by atoms with Crippen LogP contribution in [0.4, 0.5) is 0 Å². The highest BCUT2D eigenvalue weighted by Crippen LogP contribution is 2.44. The molecule has 1 aromatic heterocycles. The number of phenolic OH excluding ortho intramolecular Hbond substituents is 1. The zero-order chi connectivity index (χ0) is 23.3. The van der Waals surface area contributed by atoms with Gasteiger partial charge in [0.15, 0.2) is 5.43 Å². The molecule has 2 heterocycles. The van der Waals surface area contributed by atoms with E-state index in [1.807, 2.05) is 0 Å². The van der Waals surface area contributed by atoms with Gasteiger partial charge >= 0.3 is 0 Å². The first kappa shape index (κ1) is 22.3. The van der Waals surface area contributed by atoms with E-state index in [1.54, 1.807) is 26.0 Å². The number of aliphatic hydroxyl groups is 4. The normalized spacial score (nSPS) is 25.9. The van der Waals surface area contributed by atoms with Crippen molar-refractivity contribution in [3.8, 4) is 17.2 Å². The average molecular weight is 448 g/mol. The van der Waals surface area contributed by atoms with Gasteiger partial charge in [-0.3, -0.25) is 4.79 Å². The van der Waals surface area contributed by atoms with Gasteiger partial charge in [-0.15, -0.1) is 0 Å². The zero-order valence-corrected chi connectivity index (χ0v) is 17.6. The number of ether oxygens (including phenoxy) is 3. The van der Waals surface area contributed by atoms with Gasteiger partial charge in [-0.25, -0.2) is 0 Å². The third-order valence-corrected chi connectivity index (χ3v) is 5.67. The predicted octanol–water partition coefficient (Wildman–Crippen LogP) is 0.456. The smallest absolute Gasteiger partial charge is 0.229 e. The molecule has 0 bridgehead atoms. The molecule has 10 nitrogen and oxygen atoms in total. The van der Waals surface area contributed by atoms with Gasteiger partial charge in [0.05, 0.1) is 19.1 Å². The highest BCUT2D eigenvalue weighted by molar-refractivity contribution is 6.07. The fraction of sp³-hybridized carbons (Fsp3) is 0.409. The van der Waals surface area contributed by atoms with E-state index in [4.69, 9.17) is 18.6 Å². The first-order chi connectivity index (χ1) is 15.2. The molecule has 1 fully saturated rings. The van der Waals surface area contributed by atoms with Crippen LogP contribution in [0.2, 0.25) is 0 Å².